The Morgan fingerprint density at radius 1 is 1.30 bits per heavy atom. The minimum Gasteiger partial charge on any atom is -0.382 e. The number of nitrogens with zero attached hydrogens (tertiary/aromatic N) is 1. The number of hydrogen-bond donors (Lipinski definition) is 1. The van der Waals surface area contributed by atoms with Crippen LogP contribution in [0.15, 0.2) is 18.2 Å². The summed E-state index contributed by atoms with van der Waals surface area (Å²) in [4.78, 5) is 0. The lowest BCUT2D eigenvalue weighted by atomic mass is 9.95. The van der Waals surface area contributed by atoms with Crippen LogP contribution in [-0.2, 0) is 0 Å². The van der Waals surface area contributed by atoms with Gasteiger partial charge < -0.3 is 5.32 Å². The average molecular weight is 291 g/mol. The van der Waals surface area contributed by atoms with Gasteiger partial charge in [-0.15, -0.1) is 0 Å². The van der Waals surface area contributed by atoms with Crippen LogP contribution in [0.4, 0.5) is 5.69 Å². The summed E-state index contributed by atoms with van der Waals surface area (Å²) in [6.07, 6.45) is 9.16. The lowest BCUT2D eigenvalue weighted by Gasteiger charge is -2.18. The Labute approximate surface area is 127 Å². The molecule has 2 nitrogen and oxygen atoms in total. The molecule has 0 heterocycles. The zero-order valence-corrected chi connectivity index (χ0v) is 12.9. The molecule has 0 spiro atoms. The van der Waals surface area contributed by atoms with E-state index in [9.17, 15) is 0 Å². The van der Waals surface area contributed by atoms with Gasteiger partial charge in [-0.1, -0.05) is 44.2 Å². The summed E-state index contributed by atoms with van der Waals surface area (Å²) in [5.41, 5.74) is 1.58. The van der Waals surface area contributed by atoms with Crippen molar-refractivity contribution in [3.63, 3.8) is 0 Å². The van der Waals surface area contributed by atoms with Gasteiger partial charge in [-0.3, -0.25) is 0 Å². The number of nitriles is 1. The fourth-order valence-electron chi connectivity index (χ4n) is 3.15. The van der Waals surface area contributed by atoms with E-state index < -0.39 is 0 Å². The molecule has 20 heavy (non-hydrogen) atoms. The average Bonchev–Trinajstić information content (AvgIpc) is 2.65. The van der Waals surface area contributed by atoms with Crippen LogP contribution in [0.25, 0.3) is 0 Å². The zero-order valence-electron chi connectivity index (χ0n) is 12.2. The standard InChI is InChI=1S/C17H23ClN2/c1-2-4-13-5-3-6-15(9-7-13)20-16-10-8-14(12-19)17(18)11-16/h8,10-11,13,15,20H,2-7,9H2,1H3. The van der Waals surface area contributed by atoms with E-state index in [1.54, 1.807) is 6.07 Å². The molecule has 0 saturated heterocycles. The Hall–Kier alpha value is -1.20. The normalized spacial score (nSPS) is 22.9. The lowest BCUT2D eigenvalue weighted by molar-refractivity contribution is 0.422. The van der Waals surface area contributed by atoms with Crippen LogP contribution < -0.4 is 5.32 Å². The van der Waals surface area contributed by atoms with Crippen molar-refractivity contribution in [1.29, 1.82) is 5.26 Å². The number of benzene rings is 1. The van der Waals surface area contributed by atoms with Gasteiger partial charge in [-0.25, -0.2) is 0 Å². The van der Waals surface area contributed by atoms with Crippen LogP contribution in [0.5, 0.6) is 0 Å². The van der Waals surface area contributed by atoms with Gasteiger partial charge in [0.1, 0.15) is 6.07 Å². The van der Waals surface area contributed by atoms with Gasteiger partial charge in [0.05, 0.1) is 10.6 Å². The highest BCUT2D eigenvalue weighted by Crippen LogP contribution is 2.29. The molecule has 2 unspecified atom stereocenters. The van der Waals surface area contributed by atoms with Crippen LogP contribution >= 0.6 is 11.6 Å². The highest BCUT2D eigenvalue weighted by molar-refractivity contribution is 6.32. The maximum atomic E-state index is 8.89. The fourth-order valence-corrected chi connectivity index (χ4v) is 3.37. The maximum absolute atomic E-state index is 8.89. The van der Waals surface area contributed by atoms with Gasteiger partial charge in [0, 0.05) is 11.7 Å². The van der Waals surface area contributed by atoms with Crippen molar-refractivity contribution < 1.29 is 0 Å². The number of anilines is 1. The molecule has 1 aliphatic carbocycles. The monoisotopic (exact) mass is 290 g/mol. The zero-order chi connectivity index (χ0) is 14.4. The summed E-state index contributed by atoms with van der Waals surface area (Å²) < 4.78 is 0. The molecule has 0 aromatic heterocycles. The van der Waals surface area contributed by atoms with Crippen LogP contribution in [0.3, 0.4) is 0 Å². The largest absolute Gasteiger partial charge is 0.382 e. The molecule has 1 aromatic rings. The molecular formula is C17H23ClN2. The molecule has 1 fully saturated rings. The Morgan fingerprint density at radius 2 is 2.15 bits per heavy atom. The highest BCUT2D eigenvalue weighted by Gasteiger charge is 2.18. The Morgan fingerprint density at radius 3 is 2.85 bits per heavy atom. The minimum atomic E-state index is 0.537. The van der Waals surface area contributed by atoms with Crippen molar-refractivity contribution in [3.8, 4) is 6.07 Å². The summed E-state index contributed by atoms with van der Waals surface area (Å²) in [5.74, 6) is 0.913. The van der Waals surface area contributed by atoms with Gasteiger partial charge in [-0.05, 0) is 43.4 Å². The second-order valence-corrected chi connectivity index (χ2v) is 6.22. The quantitative estimate of drug-likeness (QED) is 0.756. The number of hydrogen-bond acceptors (Lipinski definition) is 2. The molecule has 1 aromatic carbocycles. The van der Waals surface area contributed by atoms with Gasteiger partial charge in [-0.2, -0.15) is 5.26 Å². The number of nitrogens with one attached hydrogen (secondary N) is 1. The molecule has 0 radical (unpaired) electrons. The second-order valence-electron chi connectivity index (χ2n) is 5.81. The molecule has 1 saturated carbocycles. The number of rotatable bonds is 4. The molecule has 2 rings (SSSR count). The van der Waals surface area contributed by atoms with Crippen molar-refractivity contribution >= 4 is 17.3 Å². The predicted octanol–water partition coefficient (Wildman–Crippen LogP) is 5.37. The first-order valence-electron chi connectivity index (χ1n) is 7.69. The first-order chi connectivity index (χ1) is 9.72. The summed E-state index contributed by atoms with van der Waals surface area (Å²) in [6, 6.07) is 8.26. The van der Waals surface area contributed by atoms with E-state index in [1.165, 1.54) is 44.9 Å². The summed E-state index contributed by atoms with van der Waals surface area (Å²) in [6.45, 7) is 2.28. The molecule has 0 aliphatic heterocycles. The molecular weight excluding hydrogens is 268 g/mol. The van der Waals surface area contributed by atoms with Gasteiger partial charge >= 0.3 is 0 Å². The topological polar surface area (TPSA) is 35.8 Å². The van der Waals surface area contributed by atoms with Crippen LogP contribution in [-0.4, -0.2) is 6.04 Å². The first kappa shape index (κ1) is 15.2. The summed E-state index contributed by atoms with van der Waals surface area (Å²) in [7, 11) is 0. The van der Waals surface area contributed by atoms with Crippen molar-refractivity contribution in [2.45, 2.75) is 57.9 Å². The lowest BCUT2D eigenvalue weighted by Crippen LogP contribution is -2.18. The molecule has 0 bridgehead atoms. The van der Waals surface area contributed by atoms with Crippen molar-refractivity contribution in [2.75, 3.05) is 5.32 Å². The van der Waals surface area contributed by atoms with Crippen molar-refractivity contribution in [2.24, 2.45) is 5.92 Å². The maximum Gasteiger partial charge on any atom is 0.101 e. The fraction of sp³-hybridized carbons (Fsp3) is 0.588. The van der Waals surface area contributed by atoms with Gasteiger partial charge in [0.15, 0.2) is 0 Å². The van der Waals surface area contributed by atoms with Gasteiger partial charge in [0.2, 0.25) is 0 Å². The highest BCUT2D eigenvalue weighted by atomic mass is 35.5. The van der Waals surface area contributed by atoms with Crippen LogP contribution in [0.2, 0.25) is 5.02 Å². The molecule has 108 valence electrons. The van der Waals surface area contributed by atoms with Crippen LogP contribution in [0, 0.1) is 17.2 Å². The van der Waals surface area contributed by atoms with Crippen molar-refractivity contribution in [3.05, 3.63) is 28.8 Å². The summed E-state index contributed by atoms with van der Waals surface area (Å²) in [5, 5.41) is 13.0. The van der Waals surface area contributed by atoms with E-state index in [1.807, 2.05) is 12.1 Å². The van der Waals surface area contributed by atoms with E-state index >= 15 is 0 Å². The summed E-state index contributed by atoms with van der Waals surface area (Å²) >= 11 is 6.08. The van der Waals surface area contributed by atoms with E-state index in [-0.39, 0.29) is 0 Å². The first-order valence-corrected chi connectivity index (χ1v) is 8.07. The third-order valence-electron chi connectivity index (χ3n) is 4.25. The van der Waals surface area contributed by atoms with E-state index in [4.69, 9.17) is 16.9 Å². The SMILES string of the molecule is CCCC1CCCC(Nc2ccc(C#N)c(Cl)c2)CC1. The molecule has 3 heteroatoms. The molecule has 0 amide bonds. The van der Waals surface area contributed by atoms with E-state index in [0.717, 1.165) is 11.6 Å². The molecule has 1 aliphatic rings. The Kier molecular flexibility index (Phi) is 5.73. The Balaban J connectivity index is 1.93. The predicted molar refractivity (Wildman–Crippen MR) is 85.1 cm³/mol. The number of halogens is 1. The minimum absolute atomic E-state index is 0.537. The molecule has 1 N–H and O–H groups in total. The third-order valence-corrected chi connectivity index (χ3v) is 4.56. The van der Waals surface area contributed by atoms with E-state index in [2.05, 4.69) is 18.3 Å². The van der Waals surface area contributed by atoms with Crippen LogP contribution in [0.1, 0.15) is 57.4 Å². The van der Waals surface area contributed by atoms with Crippen molar-refractivity contribution in [1.82, 2.24) is 0 Å². The van der Waals surface area contributed by atoms with Gasteiger partial charge in [0.25, 0.3) is 0 Å². The van der Waals surface area contributed by atoms with E-state index in [0.29, 0.717) is 16.6 Å². The Bertz CT molecular complexity index is 478. The molecule has 2 atom stereocenters. The smallest absolute Gasteiger partial charge is 0.101 e. The second kappa shape index (κ2) is 7.55. The third kappa shape index (κ3) is 4.15.